The van der Waals surface area contributed by atoms with E-state index in [2.05, 4.69) is 39.4 Å². The molecule has 142 valence electrons. The first-order chi connectivity index (χ1) is 13.1. The fraction of sp³-hybridized carbons (Fsp3) is 0.318. The molecule has 1 saturated heterocycles. The number of anilines is 1. The van der Waals surface area contributed by atoms with Crippen LogP contribution in [-0.4, -0.2) is 54.5 Å². The maximum atomic E-state index is 13.0. The lowest BCUT2D eigenvalue weighted by atomic mass is 10.2. The van der Waals surface area contributed by atoms with E-state index < -0.39 is 0 Å². The average Bonchev–Trinajstić information content (AvgIpc) is 2.70. The van der Waals surface area contributed by atoms with E-state index in [0.717, 1.165) is 32.7 Å². The van der Waals surface area contributed by atoms with Crippen LogP contribution in [0.25, 0.3) is 6.08 Å². The van der Waals surface area contributed by atoms with Crippen LogP contribution in [0.1, 0.15) is 12.5 Å². The van der Waals surface area contributed by atoms with Gasteiger partial charge in [0.2, 0.25) is 5.91 Å². The minimum absolute atomic E-state index is 0.0565. The molecule has 1 aliphatic heterocycles. The van der Waals surface area contributed by atoms with Crippen molar-refractivity contribution >= 4 is 17.7 Å². The van der Waals surface area contributed by atoms with Gasteiger partial charge in [-0.15, -0.1) is 0 Å². The van der Waals surface area contributed by atoms with Crippen molar-refractivity contribution in [3.63, 3.8) is 0 Å². The van der Waals surface area contributed by atoms with Crippen molar-refractivity contribution in [2.24, 2.45) is 0 Å². The first kappa shape index (κ1) is 19.3. The number of amides is 1. The van der Waals surface area contributed by atoms with E-state index in [1.807, 2.05) is 25.1 Å². The van der Waals surface area contributed by atoms with E-state index >= 15 is 0 Å². The van der Waals surface area contributed by atoms with Crippen molar-refractivity contribution in [2.45, 2.75) is 13.0 Å². The molecule has 1 atom stereocenters. The first-order valence-corrected chi connectivity index (χ1v) is 9.36. The molecule has 1 amide bonds. The molecular formula is C22H26FN3O. The molecule has 1 N–H and O–H groups in total. The third-order valence-corrected chi connectivity index (χ3v) is 4.92. The summed E-state index contributed by atoms with van der Waals surface area (Å²) in [4.78, 5) is 17.0. The number of hydrogen-bond donors (Lipinski definition) is 1. The lowest BCUT2D eigenvalue weighted by Crippen LogP contribution is -2.52. The van der Waals surface area contributed by atoms with Gasteiger partial charge in [0, 0.05) is 38.4 Å². The number of benzene rings is 2. The standard InChI is InChI=1S/C22H26FN3O/c1-18(22(27)24-21-11-9-20(23)10-12-21)26-16-14-25(15-17-26)13-5-8-19-6-3-2-4-7-19/h2-12,18H,13-17H2,1H3,(H,24,27)/b8-5+/t18-/m1/s1. The molecule has 2 aromatic rings. The topological polar surface area (TPSA) is 35.6 Å². The van der Waals surface area contributed by atoms with Gasteiger partial charge < -0.3 is 5.32 Å². The molecule has 0 saturated carbocycles. The number of rotatable bonds is 6. The normalized spacial score (nSPS) is 17.1. The van der Waals surface area contributed by atoms with Crippen LogP contribution in [0.3, 0.4) is 0 Å². The summed E-state index contributed by atoms with van der Waals surface area (Å²) in [5.74, 6) is -0.363. The second-order valence-electron chi connectivity index (χ2n) is 6.82. The molecule has 1 fully saturated rings. The van der Waals surface area contributed by atoms with E-state index in [-0.39, 0.29) is 17.8 Å². The smallest absolute Gasteiger partial charge is 0.241 e. The molecule has 0 bridgehead atoms. The summed E-state index contributed by atoms with van der Waals surface area (Å²) >= 11 is 0. The summed E-state index contributed by atoms with van der Waals surface area (Å²) < 4.78 is 13.0. The van der Waals surface area contributed by atoms with Crippen molar-refractivity contribution in [3.05, 3.63) is 72.1 Å². The number of halogens is 1. The van der Waals surface area contributed by atoms with Crippen LogP contribution in [0.15, 0.2) is 60.7 Å². The first-order valence-electron chi connectivity index (χ1n) is 9.36. The lowest BCUT2D eigenvalue weighted by Gasteiger charge is -2.37. The number of hydrogen-bond acceptors (Lipinski definition) is 3. The fourth-order valence-electron chi connectivity index (χ4n) is 3.18. The highest BCUT2D eigenvalue weighted by molar-refractivity contribution is 5.94. The largest absolute Gasteiger partial charge is 0.325 e. The van der Waals surface area contributed by atoms with Gasteiger partial charge in [-0.1, -0.05) is 42.5 Å². The predicted molar refractivity (Wildman–Crippen MR) is 108 cm³/mol. The van der Waals surface area contributed by atoms with Gasteiger partial charge in [-0.25, -0.2) is 4.39 Å². The molecule has 0 aromatic heterocycles. The van der Waals surface area contributed by atoms with Crippen LogP contribution in [0.2, 0.25) is 0 Å². The minimum Gasteiger partial charge on any atom is -0.325 e. The Balaban J connectivity index is 1.43. The predicted octanol–water partition coefficient (Wildman–Crippen LogP) is 3.48. The van der Waals surface area contributed by atoms with E-state index in [1.165, 1.54) is 17.7 Å². The highest BCUT2D eigenvalue weighted by Gasteiger charge is 2.25. The summed E-state index contributed by atoms with van der Waals surface area (Å²) in [7, 11) is 0. The molecule has 0 spiro atoms. The zero-order valence-corrected chi connectivity index (χ0v) is 15.6. The van der Waals surface area contributed by atoms with Gasteiger partial charge >= 0.3 is 0 Å². The highest BCUT2D eigenvalue weighted by Crippen LogP contribution is 2.12. The average molecular weight is 367 g/mol. The summed E-state index contributed by atoms with van der Waals surface area (Å²) in [6.45, 7) is 6.43. The van der Waals surface area contributed by atoms with E-state index in [9.17, 15) is 9.18 Å². The van der Waals surface area contributed by atoms with E-state index in [1.54, 1.807) is 12.1 Å². The number of carbonyl (C=O) groups is 1. The van der Waals surface area contributed by atoms with E-state index in [4.69, 9.17) is 0 Å². The minimum atomic E-state index is -0.307. The molecule has 1 aliphatic rings. The number of nitrogens with zero attached hydrogens (tertiary/aromatic N) is 2. The Kier molecular flexibility index (Phi) is 6.74. The second-order valence-corrected chi connectivity index (χ2v) is 6.82. The molecule has 1 heterocycles. The molecule has 0 radical (unpaired) electrons. The summed E-state index contributed by atoms with van der Waals surface area (Å²) in [5, 5.41) is 2.86. The van der Waals surface area contributed by atoms with Crippen LogP contribution in [0.5, 0.6) is 0 Å². The maximum Gasteiger partial charge on any atom is 0.241 e. The Morgan fingerprint density at radius 2 is 1.74 bits per heavy atom. The van der Waals surface area contributed by atoms with E-state index in [0.29, 0.717) is 5.69 Å². The molecule has 5 heteroatoms. The maximum absolute atomic E-state index is 13.0. The quantitative estimate of drug-likeness (QED) is 0.849. The monoisotopic (exact) mass is 367 g/mol. The van der Waals surface area contributed by atoms with Gasteiger partial charge in [-0.2, -0.15) is 0 Å². The van der Waals surface area contributed by atoms with Gasteiger partial charge in [-0.05, 0) is 36.8 Å². The Morgan fingerprint density at radius 1 is 1.07 bits per heavy atom. The molecule has 2 aromatic carbocycles. The Hall–Kier alpha value is -2.50. The van der Waals surface area contributed by atoms with Gasteiger partial charge in [0.15, 0.2) is 0 Å². The van der Waals surface area contributed by atoms with Gasteiger partial charge in [0.05, 0.1) is 6.04 Å². The van der Waals surface area contributed by atoms with Crippen LogP contribution in [0.4, 0.5) is 10.1 Å². The van der Waals surface area contributed by atoms with Crippen LogP contribution in [0, 0.1) is 5.82 Å². The highest BCUT2D eigenvalue weighted by atomic mass is 19.1. The fourth-order valence-corrected chi connectivity index (χ4v) is 3.18. The zero-order chi connectivity index (χ0) is 19.1. The lowest BCUT2D eigenvalue weighted by molar-refractivity contribution is -0.121. The summed E-state index contributed by atoms with van der Waals surface area (Å²) in [6, 6.07) is 15.9. The molecule has 0 unspecified atom stereocenters. The Labute approximate surface area is 160 Å². The molecule has 27 heavy (non-hydrogen) atoms. The second kappa shape index (κ2) is 9.44. The van der Waals surface area contributed by atoms with Crippen LogP contribution >= 0.6 is 0 Å². The van der Waals surface area contributed by atoms with Crippen LogP contribution in [-0.2, 0) is 4.79 Å². The third kappa shape index (κ3) is 5.74. The summed E-state index contributed by atoms with van der Waals surface area (Å²) in [5.41, 5.74) is 1.83. The van der Waals surface area contributed by atoms with Crippen LogP contribution < -0.4 is 5.32 Å². The molecular weight excluding hydrogens is 341 g/mol. The Bertz CT molecular complexity index is 753. The number of carbonyl (C=O) groups excluding carboxylic acids is 1. The van der Waals surface area contributed by atoms with Gasteiger partial charge in [0.1, 0.15) is 5.82 Å². The number of nitrogens with one attached hydrogen (secondary N) is 1. The van der Waals surface area contributed by atoms with Crippen molar-refractivity contribution in [2.75, 3.05) is 38.0 Å². The van der Waals surface area contributed by atoms with Gasteiger partial charge in [0.25, 0.3) is 0 Å². The van der Waals surface area contributed by atoms with Gasteiger partial charge in [-0.3, -0.25) is 14.6 Å². The van der Waals surface area contributed by atoms with Crippen molar-refractivity contribution < 1.29 is 9.18 Å². The molecule has 4 nitrogen and oxygen atoms in total. The zero-order valence-electron chi connectivity index (χ0n) is 15.6. The number of piperazine rings is 1. The third-order valence-electron chi connectivity index (χ3n) is 4.92. The molecule has 0 aliphatic carbocycles. The molecule has 3 rings (SSSR count). The van der Waals surface area contributed by atoms with Crippen molar-refractivity contribution in [1.82, 2.24) is 9.80 Å². The van der Waals surface area contributed by atoms with Crippen molar-refractivity contribution in [1.29, 1.82) is 0 Å². The summed E-state index contributed by atoms with van der Waals surface area (Å²) in [6.07, 6.45) is 4.33. The SMILES string of the molecule is C[C@H](C(=O)Nc1ccc(F)cc1)N1CCN(C/C=C/c2ccccc2)CC1. The van der Waals surface area contributed by atoms with Crippen molar-refractivity contribution in [3.8, 4) is 0 Å². The Morgan fingerprint density at radius 3 is 2.41 bits per heavy atom.